The van der Waals surface area contributed by atoms with Gasteiger partial charge in [-0.15, -0.1) is 13.2 Å². The first-order chi connectivity index (χ1) is 10.3. The molecule has 5 heteroatoms. The molecule has 0 saturated heterocycles. The van der Waals surface area contributed by atoms with E-state index in [1.165, 1.54) is 24.3 Å². The second-order valence-electron chi connectivity index (χ2n) is 5.30. The van der Waals surface area contributed by atoms with Gasteiger partial charge in [0.05, 0.1) is 0 Å². The Morgan fingerprint density at radius 3 is 1.95 bits per heavy atom. The van der Waals surface area contributed by atoms with E-state index in [0.717, 1.165) is 11.1 Å². The Morgan fingerprint density at radius 1 is 0.909 bits per heavy atom. The standard InChI is InChI=1S/C17H17F3O2/c1-11(2)14-5-3-4-6-15(14)16(21)12-7-9-13(10-8-12)22-17(18,19)20/h3-11,16,21H,1-2H3. The van der Waals surface area contributed by atoms with Crippen LogP contribution in [0.25, 0.3) is 0 Å². The van der Waals surface area contributed by atoms with Gasteiger partial charge in [0.15, 0.2) is 0 Å². The summed E-state index contributed by atoms with van der Waals surface area (Å²) in [5, 5.41) is 10.5. The van der Waals surface area contributed by atoms with E-state index in [-0.39, 0.29) is 11.7 Å². The Balaban J connectivity index is 2.25. The maximum Gasteiger partial charge on any atom is 0.573 e. The summed E-state index contributed by atoms with van der Waals surface area (Å²) < 4.78 is 40.2. The number of aliphatic hydroxyl groups excluding tert-OH is 1. The summed E-state index contributed by atoms with van der Waals surface area (Å²) in [6, 6.07) is 12.7. The smallest absolute Gasteiger partial charge is 0.406 e. The average Bonchev–Trinajstić information content (AvgIpc) is 2.45. The van der Waals surface area contributed by atoms with Crippen molar-refractivity contribution in [3.8, 4) is 5.75 Å². The zero-order chi connectivity index (χ0) is 16.3. The summed E-state index contributed by atoms with van der Waals surface area (Å²) >= 11 is 0. The lowest BCUT2D eigenvalue weighted by Crippen LogP contribution is -2.17. The normalized spacial score (nSPS) is 13.2. The van der Waals surface area contributed by atoms with E-state index in [1.807, 2.05) is 38.1 Å². The molecule has 0 heterocycles. The summed E-state index contributed by atoms with van der Waals surface area (Å²) in [4.78, 5) is 0. The Bertz CT molecular complexity index is 619. The van der Waals surface area contributed by atoms with E-state index >= 15 is 0 Å². The molecule has 0 aliphatic heterocycles. The highest BCUT2D eigenvalue weighted by Crippen LogP contribution is 2.31. The molecule has 22 heavy (non-hydrogen) atoms. The van der Waals surface area contributed by atoms with Gasteiger partial charge >= 0.3 is 6.36 Å². The Hall–Kier alpha value is -2.01. The maximum absolute atomic E-state index is 12.1. The number of rotatable bonds is 4. The summed E-state index contributed by atoms with van der Waals surface area (Å²) in [6.07, 6.45) is -5.61. The van der Waals surface area contributed by atoms with Crippen molar-refractivity contribution in [2.75, 3.05) is 0 Å². The molecular formula is C17H17F3O2. The molecule has 0 amide bonds. The molecule has 2 rings (SSSR count). The highest BCUT2D eigenvalue weighted by molar-refractivity contribution is 5.39. The summed E-state index contributed by atoms with van der Waals surface area (Å²) in [7, 11) is 0. The van der Waals surface area contributed by atoms with Crippen LogP contribution >= 0.6 is 0 Å². The lowest BCUT2D eigenvalue weighted by molar-refractivity contribution is -0.274. The third-order valence-electron chi connectivity index (χ3n) is 3.34. The number of hydrogen-bond acceptors (Lipinski definition) is 2. The minimum atomic E-state index is -4.72. The topological polar surface area (TPSA) is 29.5 Å². The SMILES string of the molecule is CC(C)c1ccccc1C(O)c1ccc(OC(F)(F)F)cc1. The monoisotopic (exact) mass is 310 g/mol. The van der Waals surface area contributed by atoms with E-state index in [2.05, 4.69) is 4.74 Å². The number of aliphatic hydroxyl groups is 1. The van der Waals surface area contributed by atoms with Gasteiger partial charge in [-0.05, 0) is 34.7 Å². The number of halogens is 3. The van der Waals surface area contributed by atoms with Gasteiger partial charge in [0.1, 0.15) is 11.9 Å². The van der Waals surface area contributed by atoms with Gasteiger partial charge in [-0.1, -0.05) is 50.2 Å². The van der Waals surface area contributed by atoms with Crippen LogP contribution in [0.5, 0.6) is 5.75 Å². The van der Waals surface area contributed by atoms with Crippen LogP contribution in [0.3, 0.4) is 0 Å². The fraction of sp³-hybridized carbons (Fsp3) is 0.294. The lowest BCUT2D eigenvalue weighted by Gasteiger charge is -2.18. The number of ether oxygens (including phenoxy) is 1. The minimum Gasteiger partial charge on any atom is -0.406 e. The van der Waals surface area contributed by atoms with Gasteiger partial charge in [-0.2, -0.15) is 0 Å². The molecule has 0 aromatic heterocycles. The first-order valence-corrected chi connectivity index (χ1v) is 6.90. The average molecular weight is 310 g/mol. The molecule has 2 aromatic carbocycles. The van der Waals surface area contributed by atoms with Crippen LogP contribution < -0.4 is 4.74 Å². The molecule has 118 valence electrons. The van der Waals surface area contributed by atoms with Crippen LogP contribution in [0.15, 0.2) is 48.5 Å². The largest absolute Gasteiger partial charge is 0.573 e. The predicted molar refractivity (Wildman–Crippen MR) is 77.7 cm³/mol. The molecule has 0 aliphatic rings. The molecule has 0 spiro atoms. The third-order valence-corrected chi connectivity index (χ3v) is 3.34. The van der Waals surface area contributed by atoms with Gasteiger partial charge in [0.25, 0.3) is 0 Å². The minimum absolute atomic E-state index is 0.235. The van der Waals surface area contributed by atoms with Gasteiger partial charge in [-0.3, -0.25) is 0 Å². The molecule has 0 saturated carbocycles. The molecule has 2 aromatic rings. The third kappa shape index (κ3) is 4.01. The highest BCUT2D eigenvalue weighted by Gasteiger charge is 2.31. The van der Waals surface area contributed by atoms with Crippen LogP contribution in [-0.2, 0) is 0 Å². The van der Waals surface area contributed by atoms with Crippen molar-refractivity contribution in [1.82, 2.24) is 0 Å². The summed E-state index contributed by atoms with van der Waals surface area (Å²) in [5.41, 5.74) is 2.27. The van der Waals surface area contributed by atoms with E-state index < -0.39 is 12.5 Å². The van der Waals surface area contributed by atoms with Crippen LogP contribution in [0.2, 0.25) is 0 Å². The predicted octanol–water partition coefficient (Wildman–Crippen LogP) is 4.79. The number of hydrogen-bond donors (Lipinski definition) is 1. The Kier molecular flexibility index (Phi) is 4.76. The zero-order valence-electron chi connectivity index (χ0n) is 12.3. The molecule has 0 bridgehead atoms. The van der Waals surface area contributed by atoms with E-state index in [1.54, 1.807) is 0 Å². The molecule has 0 aliphatic carbocycles. The van der Waals surface area contributed by atoms with E-state index in [9.17, 15) is 18.3 Å². The molecular weight excluding hydrogens is 293 g/mol. The van der Waals surface area contributed by atoms with Crippen molar-refractivity contribution >= 4 is 0 Å². The van der Waals surface area contributed by atoms with Crippen molar-refractivity contribution in [1.29, 1.82) is 0 Å². The van der Waals surface area contributed by atoms with E-state index in [0.29, 0.717) is 5.56 Å². The maximum atomic E-state index is 12.1. The van der Waals surface area contributed by atoms with Gasteiger partial charge in [0, 0.05) is 0 Å². The van der Waals surface area contributed by atoms with Crippen molar-refractivity contribution in [3.63, 3.8) is 0 Å². The fourth-order valence-electron chi connectivity index (χ4n) is 2.32. The Labute approximate surface area is 127 Å². The molecule has 1 unspecified atom stereocenters. The number of benzene rings is 2. The van der Waals surface area contributed by atoms with Gasteiger partial charge in [0.2, 0.25) is 0 Å². The van der Waals surface area contributed by atoms with Crippen LogP contribution in [0.1, 0.15) is 42.6 Å². The first kappa shape index (κ1) is 16.4. The van der Waals surface area contributed by atoms with Crippen molar-refractivity contribution in [2.45, 2.75) is 32.2 Å². The molecule has 1 N–H and O–H groups in total. The van der Waals surface area contributed by atoms with Crippen molar-refractivity contribution in [2.24, 2.45) is 0 Å². The zero-order valence-corrected chi connectivity index (χ0v) is 12.3. The fourth-order valence-corrected chi connectivity index (χ4v) is 2.32. The second-order valence-corrected chi connectivity index (χ2v) is 5.30. The summed E-state index contributed by atoms with van der Waals surface area (Å²) in [6.45, 7) is 4.04. The van der Waals surface area contributed by atoms with Crippen molar-refractivity contribution in [3.05, 3.63) is 65.2 Å². The van der Waals surface area contributed by atoms with Crippen LogP contribution in [0, 0.1) is 0 Å². The quantitative estimate of drug-likeness (QED) is 0.879. The number of alkyl halides is 3. The van der Waals surface area contributed by atoms with Crippen molar-refractivity contribution < 1.29 is 23.0 Å². The van der Waals surface area contributed by atoms with Gasteiger partial charge < -0.3 is 9.84 Å². The van der Waals surface area contributed by atoms with Crippen LogP contribution in [-0.4, -0.2) is 11.5 Å². The van der Waals surface area contributed by atoms with Crippen LogP contribution in [0.4, 0.5) is 13.2 Å². The molecule has 0 radical (unpaired) electrons. The first-order valence-electron chi connectivity index (χ1n) is 6.90. The lowest BCUT2D eigenvalue weighted by atomic mass is 9.91. The second kappa shape index (κ2) is 6.40. The molecule has 1 atom stereocenters. The summed E-state index contributed by atoms with van der Waals surface area (Å²) in [5.74, 6) is -0.0701. The van der Waals surface area contributed by atoms with Gasteiger partial charge in [-0.25, -0.2) is 0 Å². The highest BCUT2D eigenvalue weighted by atomic mass is 19.4. The molecule has 0 fully saturated rings. The van der Waals surface area contributed by atoms with E-state index in [4.69, 9.17) is 0 Å². The molecule has 2 nitrogen and oxygen atoms in total. The Morgan fingerprint density at radius 2 is 1.45 bits per heavy atom.